The van der Waals surface area contributed by atoms with Gasteiger partial charge in [0.05, 0.1) is 11.1 Å². The van der Waals surface area contributed by atoms with Crippen LogP contribution in [0.15, 0.2) is 46.9 Å². The molecule has 2 aromatic carbocycles. The summed E-state index contributed by atoms with van der Waals surface area (Å²) in [5.74, 6) is -0.138. The molecule has 10 heteroatoms. The summed E-state index contributed by atoms with van der Waals surface area (Å²) < 4.78 is 6.32. The molecule has 0 aromatic heterocycles. The van der Waals surface area contributed by atoms with Gasteiger partial charge in [-0.1, -0.05) is 27.7 Å². The highest BCUT2D eigenvalue weighted by molar-refractivity contribution is 9.10. The highest BCUT2D eigenvalue weighted by Crippen LogP contribution is 2.26. The second-order valence-electron chi connectivity index (χ2n) is 7.93. The summed E-state index contributed by atoms with van der Waals surface area (Å²) in [5.41, 5.74) is 6.22. The van der Waals surface area contributed by atoms with E-state index in [-0.39, 0.29) is 16.9 Å². The number of rotatable bonds is 7. The summed E-state index contributed by atoms with van der Waals surface area (Å²) in [7, 11) is 0. The number of halogens is 1. The Kier molecular flexibility index (Phi) is 9.80. The predicted molar refractivity (Wildman–Crippen MR) is 135 cm³/mol. The number of thiocarbonyl (C=S) groups is 1. The maximum Gasteiger partial charge on any atom is 0.269 e. The zero-order valence-corrected chi connectivity index (χ0v) is 21.2. The van der Waals surface area contributed by atoms with Crippen molar-refractivity contribution in [3.63, 3.8) is 0 Å². The van der Waals surface area contributed by atoms with Gasteiger partial charge in [-0.2, -0.15) is 0 Å². The van der Waals surface area contributed by atoms with Crippen LogP contribution in [0.3, 0.4) is 0 Å². The topological polar surface area (TPSA) is 109 Å². The first-order chi connectivity index (χ1) is 15.6. The Balaban J connectivity index is 1.85. The van der Waals surface area contributed by atoms with E-state index in [1.54, 1.807) is 56.3 Å². The quantitative estimate of drug-likeness (QED) is 0.315. The molecule has 0 atom stereocenters. The third-order valence-electron chi connectivity index (χ3n) is 4.22. The molecule has 3 amide bonds. The molecule has 0 bridgehead atoms. The van der Waals surface area contributed by atoms with Crippen LogP contribution in [0.2, 0.25) is 0 Å². The number of carbonyl (C=O) groups is 3. The highest BCUT2D eigenvalue weighted by Gasteiger charge is 2.13. The highest BCUT2D eigenvalue weighted by atomic mass is 79.9. The number of amides is 3. The molecule has 0 aliphatic rings. The van der Waals surface area contributed by atoms with Crippen molar-refractivity contribution in [1.82, 2.24) is 16.2 Å². The molecule has 0 aliphatic carbocycles. The van der Waals surface area contributed by atoms with E-state index in [0.29, 0.717) is 39.6 Å². The average molecular weight is 535 g/mol. The van der Waals surface area contributed by atoms with Gasteiger partial charge in [-0.25, -0.2) is 0 Å². The fourth-order valence-corrected chi connectivity index (χ4v) is 3.04. The zero-order valence-electron chi connectivity index (χ0n) is 18.8. The molecule has 0 fully saturated rings. The number of hydrazine groups is 1. The maximum atomic E-state index is 12.4. The molecule has 0 saturated carbocycles. The molecule has 8 nitrogen and oxygen atoms in total. The van der Waals surface area contributed by atoms with Crippen LogP contribution in [0.5, 0.6) is 5.75 Å². The first kappa shape index (κ1) is 26.3. The lowest BCUT2D eigenvalue weighted by molar-refractivity contribution is -0.118. The number of carbonyl (C=O) groups excluding carboxylic acids is 3. The van der Waals surface area contributed by atoms with Crippen LogP contribution >= 0.6 is 28.1 Å². The summed E-state index contributed by atoms with van der Waals surface area (Å²) in [4.78, 5) is 36.4. The van der Waals surface area contributed by atoms with Crippen LogP contribution in [0.1, 0.15) is 48.4 Å². The normalized spacial score (nSPS) is 10.5. The van der Waals surface area contributed by atoms with Crippen LogP contribution in [0.25, 0.3) is 0 Å². The van der Waals surface area contributed by atoms with Gasteiger partial charge in [0.2, 0.25) is 5.91 Å². The summed E-state index contributed by atoms with van der Waals surface area (Å²) >= 11 is 8.48. The summed E-state index contributed by atoms with van der Waals surface area (Å²) in [5, 5.41) is 5.18. The van der Waals surface area contributed by atoms with Crippen LogP contribution in [-0.4, -0.2) is 29.4 Å². The van der Waals surface area contributed by atoms with Crippen molar-refractivity contribution < 1.29 is 19.1 Å². The zero-order chi connectivity index (χ0) is 24.5. The Bertz CT molecular complexity index is 1030. The second kappa shape index (κ2) is 12.3. The van der Waals surface area contributed by atoms with Crippen molar-refractivity contribution in [2.75, 3.05) is 11.9 Å². The molecule has 0 heterocycles. The molecule has 0 unspecified atom stereocenters. The lowest BCUT2D eigenvalue weighted by Crippen LogP contribution is -2.48. The van der Waals surface area contributed by atoms with E-state index in [4.69, 9.17) is 17.0 Å². The van der Waals surface area contributed by atoms with Gasteiger partial charge in [-0.15, -0.1) is 0 Å². The van der Waals surface area contributed by atoms with Gasteiger partial charge in [-0.05, 0) is 76.5 Å². The molecule has 176 valence electrons. The van der Waals surface area contributed by atoms with Gasteiger partial charge < -0.3 is 10.1 Å². The fourth-order valence-electron chi connectivity index (χ4n) is 2.40. The molecule has 0 spiro atoms. The van der Waals surface area contributed by atoms with Gasteiger partial charge in [0.25, 0.3) is 11.8 Å². The standard InChI is InChI=1S/C23H27BrN4O4S/c1-13(2)12-32-19-10-7-16(11-18(19)24)21(30)26-23(33)28-27-22(31)15-5-8-17(9-6-15)25-20(29)14(3)4/h5-11,13-14H,12H2,1-4H3,(H,25,29)(H,27,31)(H2,26,28,30,33). The maximum absolute atomic E-state index is 12.4. The Morgan fingerprint density at radius 1 is 0.939 bits per heavy atom. The first-order valence-corrected chi connectivity index (χ1v) is 11.5. The van der Waals surface area contributed by atoms with E-state index in [2.05, 4.69) is 37.4 Å². The molecule has 33 heavy (non-hydrogen) atoms. The molecule has 0 aliphatic heterocycles. The van der Waals surface area contributed by atoms with E-state index in [9.17, 15) is 14.4 Å². The number of benzene rings is 2. The van der Waals surface area contributed by atoms with Crippen LogP contribution in [-0.2, 0) is 4.79 Å². The number of hydrogen-bond acceptors (Lipinski definition) is 5. The minimum Gasteiger partial charge on any atom is -0.492 e. The third-order valence-corrected chi connectivity index (χ3v) is 5.05. The summed E-state index contributed by atoms with van der Waals surface area (Å²) in [6.45, 7) is 8.24. The van der Waals surface area contributed by atoms with Crippen molar-refractivity contribution >= 4 is 56.7 Å². The van der Waals surface area contributed by atoms with Gasteiger partial charge in [0.1, 0.15) is 5.75 Å². The smallest absolute Gasteiger partial charge is 0.269 e. The third kappa shape index (κ3) is 8.47. The minimum absolute atomic E-state index is 0.0644. The fraction of sp³-hybridized carbons (Fsp3) is 0.304. The Hall–Kier alpha value is -2.98. The van der Waals surface area contributed by atoms with E-state index < -0.39 is 11.8 Å². The largest absolute Gasteiger partial charge is 0.492 e. The van der Waals surface area contributed by atoms with Gasteiger partial charge in [-0.3, -0.25) is 30.6 Å². The van der Waals surface area contributed by atoms with Gasteiger partial charge >= 0.3 is 0 Å². The summed E-state index contributed by atoms with van der Waals surface area (Å²) in [6, 6.07) is 11.3. The Morgan fingerprint density at radius 3 is 2.15 bits per heavy atom. The first-order valence-electron chi connectivity index (χ1n) is 10.3. The SMILES string of the molecule is CC(C)COc1ccc(C(=O)NC(=S)NNC(=O)c2ccc(NC(=O)C(C)C)cc2)cc1Br. The number of hydrogen-bond donors (Lipinski definition) is 4. The molecule has 4 N–H and O–H groups in total. The lowest BCUT2D eigenvalue weighted by Gasteiger charge is -2.13. The van der Waals surface area contributed by atoms with Crippen LogP contribution in [0, 0.1) is 11.8 Å². The van der Waals surface area contributed by atoms with Crippen molar-refractivity contribution in [3.8, 4) is 5.75 Å². The van der Waals surface area contributed by atoms with Crippen molar-refractivity contribution in [2.45, 2.75) is 27.7 Å². The second-order valence-corrected chi connectivity index (χ2v) is 9.20. The van der Waals surface area contributed by atoms with Crippen LogP contribution in [0.4, 0.5) is 5.69 Å². The number of ether oxygens (including phenoxy) is 1. The summed E-state index contributed by atoms with van der Waals surface area (Å²) in [6.07, 6.45) is 0. The van der Waals surface area contributed by atoms with E-state index in [0.717, 1.165) is 0 Å². The van der Waals surface area contributed by atoms with Gasteiger partial charge in [0.15, 0.2) is 5.11 Å². The predicted octanol–water partition coefficient (Wildman–Crippen LogP) is 4.03. The van der Waals surface area contributed by atoms with Crippen molar-refractivity contribution in [3.05, 3.63) is 58.1 Å². The van der Waals surface area contributed by atoms with Crippen LogP contribution < -0.4 is 26.2 Å². The number of anilines is 1. The average Bonchev–Trinajstić information content (AvgIpc) is 2.76. The molecule has 0 saturated heterocycles. The molecular formula is C23H27BrN4O4S. The van der Waals surface area contributed by atoms with Crippen molar-refractivity contribution in [1.29, 1.82) is 0 Å². The van der Waals surface area contributed by atoms with E-state index in [1.807, 2.05) is 13.8 Å². The molecular weight excluding hydrogens is 508 g/mol. The van der Waals surface area contributed by atoms with Crippen molar-refractivity contribution in [2.24, 2.45) is 11.8 Å². The Labute approximate surface area is 206 Å². The van der Waals surface area contributed by atoms with Gasteiger partial charge in [0, 0.05) is 22.7 Å². The Morgan fingerprint density at radius 2 is 1.58 bits per heavy atom. The molecule has 2 aromatic rings. The molecule has 2 rings (SSSR count). The van der Waals surface area contributed by atoms with E-state index in [1.165, 1.54) is 0 Å². The minimum atomic E-state index is -0.456. The monoisotopic (exact) mass is 534 g/mol. The lowest BCUT2D eigenvalue weighted by atomic mass is 10.1. The van der Waals surface area contributed by atoms with E-state index >= 15 is 0 Å². The number of nitrogens with one attached hydrogen (secondary N) is 4. The molecule has 0 radical (unpaired) electrons.